The minimum Gasteiger partial charge on any atom is -0.464 e. The molecule has 1 N–H and O–H groups in total. The van der Waals surface area contributed by atoms with Gasteiger partial charge >= 0.3 is 12.1 Å². The summed E-state index contributed by atoms with van der Waals surface area (Å²) in [5.74, 6) is -1.37. The second kappa shape index (κ2) is 6.57. The highest BCUT2D eigenvalue weighted by atomic mass is 19.4. The van der Waals surface area contributed by atoms with E-state index < -0.39 is 29.8 Å². The second-order valence-corrected chi connectivity index (χ2v) is 5.30. The number of anilines is 1. The van der Waals surface area contributed by atoms with E-state index in [0.717, 1.165) is 10.7 Å². The van der Waals surface area contributed by atoms with Crippen molar-refractivity contribution in [1.82, 2.24) is 19.6 Å². The van der Waals surface area contributed by atoms with E-state index in [1.165, 1.54) is 38.9 Å². The predicted molar refractivity (Wildman–Crippen MR) is 79.9 cm³/mol. The number of nitrogens with one attached hydrogen (secondary N) is 1. The molecule has 11 heteroatoms. The summed E-state index contributed by atoms with van der Waals surface area (Å²) in [6.07, 6.45) is -3.36. The highest BCUT2D eigenvalue weighted by Crippen LogP contribution is 2.29. The minimum atomic E-state index is -4.60. The molecule has 0 radical (unpaired) electrons. The van der Waals surface area contributed by atoms with E-state index in [0.29, 0.717) is 0 Å². The van der Waals surface area contributed by atoms with Gasteiger partial charge in [-0.2, -0.15) is 23.4 Å². The quantitative estimate of drug-likeness (QED) is 0.843. The summed E-state index contributed by atoms with van der Waals surface area (Å²) in [5, 5.41) is 9.75. The van der Waals surface area contributed by atoms with Gasteiger partial charge in [0.2, 0.25) is 5.91 Å². The molecule has 0 aliphatic rings. The lowest BCUT2D eigenvalue weighted by atomic mass is 10.2. The molecule has 2 heterocycles. The maximum atomic E-state index is 12.7. The van der Waals surface area contributed by atoms with Gasteiger partial charge in [0.05, 0.1) is 19.0 Å². The molecule has 0 saturated carbocycles. The number of hydrogen-bond donors (Lipinski definition) is 1. The van der Waals surface area contributed by atoms with Crippen molar-refractivity contribution in [3.8, 4) is 0 Å². The van der Waals surface area contributed by atoms with Crippen LogP contribution in [0.25, 0.3) is 0 Å². The molecule has 1 unspecified atom stereocenters. The molecule has 2 rings (SSSR count). The summed E-state index contributed by atoms with van der Waals surface area (Å²) in [4.78, 5) is 24.1. The number of carbonyl (C=O) groups is 2. The average molecular weight is 359 g/mol. The first kappa shape index (κ1) is 18.5. The summed E-state index contributed by atoms with van der Waals surface area (Å²) < 4.78 is 45.0. The van der Waals surface area contributed by atoms with E-state index in [9.17, 15) is 22.8 Å². The Morgan fingerprint density at radius 1 is 1.36 bits per heavy atom. The molecule has 0 spiro atoms. The monoisotopic (exact) mass is 359 g/mol. The van der Waals surface area contributed by atoms with Crippen LogP contribution in [0.15, 0.2) is 12.3 Å². The number of amides is 1. The number of alkyl halides is 3. The van der Waals surface area contributed by atoms with Crippen molar-refractivity contribution in [3.05, 3.63) is 29.3 Å². The summed E-state index contributed by atoms with van der Waals surface area (Å²) >= 11 is 0. The lowest BCUT2D eigenvalue weighted by Gasteiger charge is -2.14. The van der Waals surface area contributed by atoms with E-state index >= 15 is 0 Å². The van der Waals surface area contributed by atoms with Crippen molar-refractivity contribution in [3.63, 3.8) is 0 Å². The smallest absolute Gasteiger partial charge is 0.435 e. The number of carbonyl (C=O) groups excluding carboxylic acids is 2. The van der Waals surface area contributed by atoms with Gasteiger partial charge in [-0.1, -0.05) is 0 Å². The standard InChI is InChI=1S/C14H16F3N5O3/c1-7-5-10(14(15,16)17)20-22(7)8(2)12(23)19-9-6-18-21(3)11(9)13(24)25-4/h5-6,8H,1-4H3,(H,19,23). The van der Waals surface area contributed by atoms with Gasteiger partial charge in [-0.25, -0.2) is 4.79 Å². The van der Waals surface area contributed by atoms with Gasteiger partial charge in [0, 0.05) is 12.7 Å². The highest BCUT2D eigenvalue weighted by molar-refractivity contribution is 6.01. The van der Waals surface area contributed by atoms with E-state index in [2.05, 4.69) is 20.3 Å². The van der Waals surface area contributed by atoms with Gasteiger partial charge < -0.3 is 10.1 Å². The first-order valence-corrected chi connectivity index (χ1v) is 7.10. The molecule has 2 aromatic rings. The van der Waals surface area contributed by atoms with Gasteiger partial charge in [-0.05, 0) is 19.9 Å². The van der Waals surface area contributed by atoms with Crippen LogP contribution >= 0.6 is 0 Å². The molecule has 0 fully saturated rings. The zero-order valence-corrected chi connectivity index (χ0v) is 13.9. The maximum Gasteiger partial charge on any atom is 0.435 e. The first-order valence-electron chi connectivity index (χ1n) is 7.10. The van der Waals surface area contributed by atoms with Gasteiger partial charge in [0.1, 0.15) is 6.04 Å². The average Bonchev–Trinajstić information content (AvgIpc) is 3.09. The van der Waals surface area contributed by atoms with E-state index in [4.69, 9.17) is 0 Å². The van der Waals surface area contributed by atoms with Crippen molar-refractivity contribution in [1.29, 1.82) is 0 Å². The summed E-state index contributed by atoms with van der Waals surface area (Å²) in [6, 6.07) is -0.185. The molecular formula is C14H16F3N5O3. The second-order valence-electron chi connectivity index (χ2n) is 5.30. The predicted octanol–water partition coefficient (Wildman–Crippen LogP) is 1.93. The van der Waals surface area contributed by atoms with Crippen molar-refractivity contribution in [2.45, 2.75) is 26.1 Å². The van der Waals surface area contributed by atoms with Gasteiger partial charge in [-0.3, -0.25) is 14.2 Å². The van der Waals surface area contributed by atoms with E-state index in [1.54, 1.807) is 0 Å². The first-order chi connectivity index (χ1) is 11.6. The Balaban J connectivity index is 2.25. The maximum absolute atomic E-state index is 12.7. The van der Waals surface area contributed by atoms with Crippen LogP contribution in [0.3, 0.4) is 0 Å². The van der Waals surface area contributed by atoms with E-state index in [-0.39, 0.29) is 17.1 Å². The summed E-state index contributed by atoms with van der Waals surface area (Å²) in [7, 11) is 2.66. The molecule has 0 saturated heterocycles. The third-order valence-electron chi connectivity index (χ3n) is 3.53. The van der Waals surface area contributed by atoms with Crippen LogP contribution < -0.4 is 5.32 Å². The lowest BCUT2D eigenvalue weighted by molar-refractivity contribution is -0.141. The van der Waals surface area contributed by atoms with Crippen LogP contribution in [-0.4, -0.2) is 38.5 Å². The Morgan fingerprint density at radius 2 is 2.00 bits per heavy atom. The molecule has 1 amide bonds. The third-order valence-corrected chi connectivity index (χ3v) is 3.53. The molecule has 1 atom stereocenters. The van der Waals surface area contributed by atoms with E-state index in [1.807, 2.05) is 0 Å². The Labute approximate surface area is 140 Å². The number of ether oxygens (including phenoxy) is 1. The number of rotatable bonds is 4. The Morgan fingerprint density at radius 3 is 2.52 bits per heavy atom. The Hall–Kier alpha value is -2.85. The highest BCUT2D eigenvalue weighted by Gasteiger charge is 2.35. The van der Waals surface area contributed by atoms with Crippen molar-refractivity contribution in [2.75, 3.05) is 12.4 Å². The molecule has 136 valence electrons. The molecule has 0 aliphatic heterocycles. The van der Waals surface area contributed by atoms with Crippen molar-refractivity contribution < 1.29 is 27.5 Å². The fourth-order valence-corrected chi connectivity index (χ4v) is 2.23. The summed E-state index contributed by atoms with van der Waals surface area (Å²) in [5.41, 5.74) is -0.807. The number of methoxy groups -OCH3 is 1. The topological polar surface area (TPSA) is 91.0 Å². The number of halogens is 3. The van der Waals surface area contributed by atoms with Crippen molar-refractivity contribution in [2.24, 2.45) is 7.05 Å². The van der Waals surface area contributed by atoms with Crippen LogP contribution in [0.4, 0.5) is 18.9 Å². The lowest BCUT2D eigenvalue weighted by Crippen LogP contribution is -2.26. The molecule has 0 aromatic carbocycles. The third kappa shape index (κ3) is 3.64. The fourth-order valence-electron chi connectivity index (χ4n) is 2.23. The summed E-state index contributed by atoms with van der Waals surface area (Å²) in [6.45, 7) is 2.81. The molecule has 2 aromatic heterocycles. The Bertz CT molecular complexity index is 809. The van der Waals surface area contributed by atoms with Crippen LogP contribution in [0.5, 0.6) is 0 Å². The minimum absolute atomic E-state index is 0.0104. The number of nitrogens with zero attached hydrogens (tertiary/aromatic N) is 4. The SMILES string of the molecule is COC(=O)c1c(NC(=O)C(C)n2nc(C(F)(F)F)cc2C)cnn1C. The van der Waals surface area contributed by atoms with Crippen molar-refractivity contribution >= 4 is 17.6 Å². The van der Waals surface area contributed by atoms with Crippen LogP contribution in [0, 0.1) is 6.92 Å². The van der Waals surface area contributed by atoms with Crippen LogP contribution in [0.1, 0.15) is 34.8 Å². The molecule has 0 aliphatic carbocycles. The zero-order valence-electron chi connectivity index (χ0n) is 13.9. The van der Waals surface area contributed by atoms with Gasteiger partial charge in [0.25, 0.3) is 0 Å². The molecule has 0 bridgehead atoms. The number of aromatic nitrogens is 4. The molecule has 8 nitrogen and oxygen atoms in total. The Kier molecular flexibility index (Phi) is 4.86. The molecular weight excluding hydrogens is 343 g/mol. The van der Waals surface area contributed by atoms with Crippen LogP contribution in [0.2, 0.25) is 0 Å². The normalized spacial score (nSPS) is 12.8. The largest absolute Gasteiger partial charge is 0.464 e. The zero-order chi connectivity index (χ0) is 18.9. The fraction of sp³-hybridized carbons (Fsp3) is 0.429. The number of aryl methyl sites for hydroxylation is 2. The molecule has 25 heavy (non-hydrogen) atoms. The van der Waals surface area contributed by atoms with Gasteiger partial charge in [-0.15, -0.1) is 0 Å². The van der Waals surface area contributed by atoms with Crippen LogP contribution in [-0.2, 0) is 22.8 Å². The number of esters is 1. The van der Waals surface area contributed by atoms with Gasteiger partial charge in [0.15, 0.2) is 11.4 Å². The number of hydrogen-bond acceptors (Lipinski definition) is 5.